The van der Waals surface area contributed by atoms with Crippen LogP contribution in [0.15, 0.2) is 59.2 Å². The molecule has 0 saturated heterocycles. The predicted octanol–water partition coefficient (Wildman–Crippen LogP) is 3.84. The molecule has 2 aromatic carbocycles. The molecule has 4 nitrogen and oxygen atoms in total. The molecule has 22 heavy (non-hydrogen) atoms. The Morgan fingerprint density at radius 3 is 2.41 bits per heavy atom. The quantitative estimate of drug-likeness (QED) is 0.588. The van der Waals surface area contributed by atoms with Gasteiger partial charge in [0, 0.05) is 0 Å². The van der Waals surface area contributed by atoms with E-state index in [9.17, 15) is 9.59 Å². The molecular formula is C17H12ClNO3. The summed E-state index contributed by atoms with van der Waals surface area (Å²) < 4.78 is 5.16. The standard InChI is InChI=1S/C17H12ClNO3/c18-10-16(20)19-14-9-12-5-2-1-4-11(12)8-13(14)17(21)15-6-3-7-22-15/h1-9H,10H2,(H,19,20). The highest BCUT2D eigenvalue weighted by molar-refractivity contribution is 6.29. The maximum absolute atomic E-state index is 12.6. The minimum Gasteiger partial charge on any atom is -0.461 e. The number of hydrogen-bond acceptors (Lipinski definition) is 3. The van der Waals surface area contributed by atoms with Crippen LogP contribution in [0.3, 0.4) is 0 Å². The highest BCUT2D eigenvalue weighted by Crippen LogP contribution is 2.26. The number of carbonyl (C=O) groups is 2. The number of carbonyl (C=O) groups excluding carboxylic acids is 2. The van der Waals surface area contributed by atoms with Crippen molar-refractivity contribution in [3.63, 3.8) is 0 Å². The third-order valence-corrected chi connectivity index (χ3v) is 3.51. The van der Waals surface area contributed by atoms with Gasteiger partial charge in [0.15, 0.2) is 5.76 Å². The highest BCUT2D eigenvalue weighted by atomic mass is 35.5. The largest absolute Gasteiger partial charge is 0.461 e. The topological polar surface area (TPSA) is 59.3 Å². The molecule has 0 aliphatic heterocycles. The Morgan fingerprint density at radius 1 is 1.05 bits per heavy atom. The molecule has 1 aromatic heterocycles. The number of amides is 1. The number of anilines is 1. The normalized spacial score (nSPS) is 10.6. The van der Waals surface area contributed by atoms with Crippen LogP contribution in [0.2, 0.25) is 0 Å². The summed E-state index contributed by atoms with van der Waals surface area (Å²) in [6, 6.07) is 14.3. The van der Waals surface area contributed by atoms with Crippen LogP contribution >= 0.6 is 11.6 Å². The lowest BCUT2D eigenvalue weighted by atomic mass is 10.0. The van der Waals surface area contributed by atoms with E-state index in [1.807, 2.05) is 24.3 Å². The maximum atomic E-state index is 12.6. The second kappa shape index (κ2) is 6.03. The molecule has 0 fully saturated rings. The Balaban J connectivity index is 2.14. The Hall–Kier alpha value is -2.59. The number of ketones is 1. The van der Waals surface area contributed by atoms with Gasteiger partial charge in [0.05, 0.1) is 17.5 Å². The van der Waals surface area contributed by atoms with Crippen LogP contribution in [0.1, 0.15) is 16.1 Å². The predicted molar refractivity (Wildman–Crippen MR) is 85.4 cm³/mol. The van der Waals surface area contributed by atoms with Crippen molar-refractivity contribution in [1.29, 1.82) is 0 Å². The van der Waals surface area contributed by atoms with E-state index in [0.29, 0.717) is 11.3 Å². The number of hydrogen-bond donors (Lipinski definition) is 1. The molecule has 0 saturated carbocycles. The van der Waals surface area contributed by atoms with Crippen LogP contribution in [-0.4, -0.2) is 17.6 Å². The summed E-state index contributed by atoms with van der Waals surface area (Å²) in [5.74, 6) is -0.621. The molecule has 1 heterocycles. The first-order chi connectivity index (χ1) is 10.7. The van der Waals surface area contributed by atoms with Crippen LogP contribution in [0.4, 0.5) is 5.69 Å². The van der Waals surface area contributed by atoms with Crippen molar-refractivity contribution in [2.24, 2.45) is 0 Å². The second-order valence-corrected chi connectivity index (χ2v) is 5.00. The highest BCUT2D eigenvalue weighted by Gasteiger charge is 2.18. The molecular weight excluding hydrogens is 302 g/mol. The summed E-state index contributed by atoms with van der Waals surface area (Å²) in [6.45, 7) is 0. The fraction of sp³-hybridized carbons (Fsp3) is 0.0588. The van der Waals surface area contributed by atoms with Gasteiger partial charge >= 0.3 is 0 Å². The molecule has 0 aliphatic carbocycles. The minimum atomic E-state index is -0.370. The monoisotopic (exact) mass is 313 g/mol. The second-order valence-electron chi connectivity index (χ2n) is 4.73. The van der Waals surface area contributed by atoms with Crippen molar-refractivity contribution in [2.45, 2.75) is 0 Å². The fourth-order valence-electron chi connectivity index (χ4n) is 2.26. The third-order valence-electron chi connectivity index (χ3n) is 3.27. The average Bonchev–Trinajstić information content (AvgIpc) is 3.08. The van der Waals surface area contributed by atoms with Gasteiger partial charge in [0.1, 0.15) is 5.88 Å². The van der Waals surface area contributed by atoms with Crippen LogP contribution in [0.5, 0.6) is 0 Å². The van der Waals surface area contributed by atoms with Crippen LogP contribution < -0.4 is 5.32 Å². The molecule has 0 radical (unpaired) electrons. The summed E-state index contributed by atoms with van der Waals surface area (Å²) in [5, 5.41) is 4.49. The first kappa shape index (κ1) is 14.4. The molecule has 110 valence electrons. The van der Waals surface area contributed by atoms with Crippen molar-refractivity contribution in [3.8, 4) is 0 Å². The van der Waals surface area contributed by atoms with E-state index in [1.54, 1.807) is 24.3 Å². The van der Waals surface area contributed by atoms with Gasteiger partial charge in [0.25, 0.3) is 0 Å². The van der Waals surface area contributed by atoms with Gasteiger partial charge in [-0.3, -0.25) is 9.59 Å². The van der Waals surface area contributed by atoms with Crippen LogP contribution in [0.25, 0.3) is 10.8 Å². The fourth-order valence-corrected chi connectivity index (χ4v) is 2.32. The Labute approximate surface area is 131 Å². The van der Waals surface area contributed by atoms with Gasteiger partial charge in [-0.2, -0.15) is 0 Å². The molecule has 0 spiro atoms. The number of nitrogens with one attached hydrogen (secondary N) is 1. The summed E-state index contributed by atoms with van der Waals surface area (Å²) >= 11 is 5.54. The van der Waals surface area contributed by atoms with E-state index in [-0.39, 0.29) is 23.3 Å². The zero-order chi connectivity index (χ0) is 15.5. The molecule has 1 N–H and O–H groups in total. The van der Waals surface area contributed by atoms with Crippen molar-refractivity contribution in [1.82, 2.24) is 0 Å². The lowest BCUT2D eigenvalue weighted by molar-refractivity contribution is -0.113. The first-order valence-corrected chi connectivity index (χ1v) is 7.19. The van der Waals surface area contributed by atoms with Crippen LogP contribution in [0, 0.1) is 0 Å². The molecule has 3 aromatic rings. The average molecular weight is 314 g/mol. The zero-order valence-electron chi connectivity index (χ0n) is 11.5. The van der Waals surface area contributed by atoms with Crippen LogP contribution in [-0.2, 0) is 4.79 Å². The Kier molecular flexibility index (Phi) is 3.94. The smallest absolute Gasteiger partial charge is 0.239 e. The molecule has 0 atom stereocenters. The minimum absolute atomic E-state index is 0.179. The summed E-state index contributed by atoms with van der Waals surface area (Å²) in [6.07, 6.45) is 1.44. The van der Waals surface area contributed by atoms with E-state index < -0.39 is 0 Å². The van der Waals surface area contributed by atoms with Crippen molar-refractivity contribution in [3.05, 3.63) is 66.1 Å². The van der Waals surface area contributed by atoms with Gasteiger partial charge in [-0.15, -0.1) is 11.6 Å². The van der Waals surface area contributed by atoms with Crippen molar-refractivity contribution in [2.75, 3.05) is 11.2 Å². The maximum Gasteiger partial charge on any atom is 0.239 e. The van der Waals surface area contributed by atoms with E-state index in [0.717, 1.165) is 10.8 Å². The molecule has 5 heteroatoms. The van der Waals surface area contributed by atoms with E-state index >= 15 is 0 Å². The lowest BCUT2D eigenvalue weighted by Gasteiger charge is -2.11. The van der Waals surface area contributed by atoms with Crippen molar-refractivity contribution >= 4 is 39.8 Å². The SMILES string of the molecule is O=C(CCl)Nc1cc2ccccc2cc1C(=O)c1ccco1. The molecule has 3 rings (SSSR count). The number of halogens is 1. The summed E-state index contributed by atoms with van der Waals surface area (Å²) in [7, 11) is 0. The summed E-state index contributed by atoms with van der Waals surface area (Å²) in [5.41, 5.74) is 0.790. The Morgan fingerprint density at radius 2 is 1.77 bits per heavy atom. The molecule has 0 bridgehead atoms. The number of rotatable bonds is 4. The van der Waals surface area contributed by atoms with E-state index in [1.165, 1.54) is 6.26 Å². The van der Waals surface area contributed by atoms with Gasteiger partial charge in [-0.25, -0.2) is 0 Å². The van der Waals surface area contributed by atoms with Gasteiger partial charge in [-0.1, -0.05) is 24.3 Å². The first-order valence-electron chi connectivity index (χ1n) is 6.66. The molecule has 1 amide bonds. The molecule has 0 unspecified atom stereocenters. The summed E-state index contributed by atoms with van der Waals surface area (Å²) in [4.78, 5) is 24.2. The lowest BCUT2D eigenvalue weighted by Crippen LogP contribution is -2.15. The number of benzene rings is 2. The van der Waals surface area contributed by atoms with Crippen molar-refractivity contribution < 1.29 is 14.0 Å². The van der Waals surface area contributed by atoms with Gasteiger partial charge < -0.3 is 9.73 Å². The van der Waals surface area contributed by atoms with E-state index in [2.05, 4.69) is 5.32 Å². The van der Waals surface area contributed by atoms with E-state index in [4.69, 9.17) is 16.0 Å². The van der Waals surface area contributed by atoms with Gasteiger partial charge in [-0.05, 0) is 35.0 Å². The zero-order valence-corrected chi connectivity index (χ0v) is 12.3. The van der Waals surface area contributed by atoms with Gasteiger partial charge in [0.2, 0.25) is 11.7 Å². The molecule has 0 aliphatic rings. The number of furan rings is 1. The number of alkyl halides is 1. The third kappa shape index (κ3) is 2.73. The Bertz CT molecular complexity index is 840. The number of fused-ring (bicyclic) bond motifs is 1.